The number of fused-ring (bicyclic) bond motifs is 1. The van der Waals surface area contributed by atoms with Gasteiger partial charge in [-0.05, 0) is 31.5 Å². The molecule has 0 radical (unpaired) electrons. The van der Waals surface area contributed by atoms with Crippen LogP contribution in [0.2, 0.25) is 0 Å². The summed E-state index contributed by atoms with van der Waals surface area (Å²) >= 11 is 0. The van der Waals surface area contributed by atoms with Crippen LogP contribution in [0.3, 0.4) is 0 Å². The van der Waals surface area contributed by atoms with Gasteiger partial charge in [0.2, 0.25) is 5.91 Å². The van der Waals surface area contributed by atoms with Gasteiger partial charge in [-0.15, -0.1) is 0 Å². The normalized spacial score (nSPS) is 21.3. The zero-order valence-electron chi connectivity index (χ0n) is 12.4. The van der Waals surface area contributed by atoms with Crippen LogP contribution >= 0.6 is 0 Å². The molecular weight excluding hydrogens is 282 g/mol. The van der Waals surface area contributed by atoms with Crippen molar-refractivity contribution in [1.29, 1.82) is 0 Å². The third kappa shape index (κ3) is 2.55. The minimum absolute atomic E-state index is 0.160. The molecule has 0 aliphatic carbocycles. The Hall–Kier alpha value is -2.41. The van der Waals surface area contributed by atoms with Crippen LogP contribution in [0.5, 0.6) is 0 Å². The largest absolute Gasteiger partial charge is 0.355 e. The summed E-state index contributed by atoms with van der Waals surface area (Å²) in [6.45, 7) is 2.75. The van der Waals surface area contributed by atoms with Crippen molar-refractivity contribution in [3.63, 3.8) is 0 Å². The van der Waals surface area contributed by atoms with E-state index in [0.29, 0.717) is 25.2 Å². The molecule has 0 aromatic carbocycles. The maximum Gasteiger partial charge on any atom is 0.275 e. The first kappa shape index (κ1) is 14.5. The molecule has 22 heavy (non-hydrogen) atoms. The Morgan fingerprint density at radius 2 is 2.27 bits per heavy atom. The van der Waals surface area contributed by atoms with Crippen LogP contribution in [-0.4, -0.2) is 51.5 Å². The summed E-state index contributed by atoms with van der Waals surface area (Å²) in [7, 11) is 0. The molecule has 3 heterocycles. The number of nitrogens with one attached hydrogen (secondary N) is 1. The lowest BCUT2D eigenvalue weighted by Gasteiger charge is -2.22. The number of likely N-dealkylation sites (N-methyl/N-ethyl adjacent to an activating group) is 1. The highest BCUT2D eigenvalue weighted by atomic mass is 16.2. The van der Waals surface area contributed by atoms with Crippen molar-refractivity contribution < 1.29 is 9.59 Å². The highest BCUT2D eigenvalue weighted by molar-refractivity contribution is 5.97. The number of aromatic nitrogens is 2. The Morgan fingerprint density at radius 1 is 1.45 bits per heavy atom. The Morgan fingerprint density at radius 3 is 3.00 bits per heavy atom. The molecule has 2 aromatic heterocycles. The zero-order chi connectivity index (χ0) is 15.7. The van der Waals surface area contributed by atoms with E-state index in [-0.39, 0.29) is 17.9 Å². The van der Waals surface area contributed by atoms with Gasteiger partial charge in [0.15, 0.2) is 5.69 Å². The highest BCUT2D eigenvalue weighted by Crippen LogP contribution is 2.20. The van der Waals surface area contributed by atoms with Crippen LogP contribution < -0.4 is 11.1 Å². The van der Waals surface area contributed by atoms with Gasteiger partial charge in [-0.25, -0.2) is 4.52 Å². The minimum atomic E-state index is -0.521. The number of nitrogens with two attached hydrogens (primary N) is 1. The van der Waals surface area contributed by atoms with Gasteiger partial charge >= 0.3 is 0 Å². The van der Waals surface area contributed by atoms with Gasteiger partial charge < -0.3 is 16.0 Å². The first-order chi connectivity index (χ1) is 10.6. The van der Waals surface area contributed by atoms with Crippen LogP contribution in [0.4, 0.5) is 0 Å². The van der Waals surface area contributed by atoms with E-state index in [4.69, 9.17) is 5.73 Å². The van der Waals surface area contributed by atoms with Crippen LogP contribution in [-0.2, 0) is 4.79 Å². The monoisotopic (exact) mass is 301 g/mol. The number of nitrogens with zero attached hydrogens (tertiary/aromatic N) is 3. The van der Waals surface area contributed by atoms with Crippen LogP contribution in [0, 0.1) is 0 Å². The number of hydrogen-bond acceptors (Lipinski definition) is 4. The quantitative estimate of drug-likeness (QED) is 0.835. The first-order valence-corrected chi connectivity index (χ1v) is 7.39. The molecule has 116 valence electrons. The third-order valence-corrected chi connectivity index (χ3v) is 3.84. The van der Waals surface area contributed by atoms with Crippen LogP contribution in [0.1, 0.15) is 23.8 Å². The smallest absolute Gasteiger partial charge is 0.275 e. The second-order valence-electron chi connectivity index (χ2n) is 5.46. The van der Waals surface area contributed by atoms with Gasteiger partial charge in [0, 0.05) is 25.3 Å². The Labute approximate surface area is 128 Å². The molecule has 0 spiro atoms. The Kier molecular flexibility index (Phi) is 3.81. The van der Waals surface area contributed by atoms with Crippen molar-refractivity contribution in [2.45, 2.75) is 25.4 Å². The third-order valence-electron chi connectivity index (χ3n) is 3.84. The average molecular weight is 301 g/mol. The molecule has 1 fully saturated rings. The van der Waals surface area contributed by atoms with E-state index in [1.807, 2.05) is 25.1 Å². The number of carbonyl (C=O) groups is 2. The molecule has 0 unspecified atom stereocenters. The number of likely N-dealkylation sites (tertiary alicyclic amines) is 1. The van der Waals surface area contributed by atoms with Crippen molar-refractivity contribution in [2.24, 2.45) is 5.73 Å². The van der Waals surface area contributed by atoms with Gasteiger partial charge in [0.05, 0.1) is 5.52 Å². The fourth-order valence-electron chi connectivity index (χ4n) is 2.82. The van der Waals surface area contributed by atoms with Gasteiger partial charge in [-0.2, -0.15) is 5.10 Å². The predicted octanol–water partition coefficient (Wildman–Crippen LogP) is 0.0122. The number of amides is 2. The molecular formula is C15H19N5O2. The van der Waals surface area contributed by atoms with E-state index >= 15 is 0 Å². The van der Waals surface area contributed by atoms with Crippen molar-refractivity contribution in [1.82, 2.24) is 19.8 Å². The summed E-state index contributed by atoms with van der Waals surface area (Å²) in [6.07, 6.45) is 2.26. The lowest BCUT2D eigenvalue weighted by Crippen LogP contribution is -2.46. The predicted molar refractivity (Wildman–Crippen MR) is 81.3 cm³/mol. The molecule has 7 nitrogen and oxygen atoms in total. The van der Waals surface area contributed by atoms with E-state index in [1.165, 1.54) is 4.90 Å². The molecule has 7 heteroatoms. The summed E-state index contributed by atoms with van der Waals surface area (Å²) in [4.78, 5) is 26.3. The second kappa shape index (κ2) is 5.76. The average Bonchev–Trinajstić information content (AvgIpc) is 3.10. The molecule has 2 atom stereocenters. The molecule has 2 aromatic rings. The van der Waals surface area contributed by atoms with E-state index in [1.54, 1.807) is 16.8 Å². The van der Waals surface area contributed by atoms with Crippen molar-refractivity contribution in [3.8, 4) is 0 Å². The highest BCUT2D eigenvalue weighted by Gasteiger charge is 2.38. The summed E-state index contributed by atoms with van der Waals surface area (Å²) < 4.78 is 1.64. The SMILES string of the molecule is CCNC(=O)[C@@H]1C[C@@H](N)CN1C(=O)c1cc2ccccn2n1. The van der Waals surface area contributed by atoms with Crippen LogP contribution in [0.15, 0.2) is 30.5 Å². The number of pyridine rings is 1. The van der Waals surface area contributed by atoms with Gasteiger partial charge in [-0.3, -0.25) is 9.59 Å². The van der Waals surface area contributed by atoms with Crippen LogP contribution in [0.25, 0.3) is 5.52 Å². The minimum Gasteiger partial charge on any atom is -0.355 e. The molecule has 3 N–H and O–H groups in total. The van der Waals surface area contributed by atoms with E-state index in [0.717, 1.165) is 5.52 Å². The number of hydrogen-bond donors (Lipinski definition) is 2. The fourth-order valence-corrected chi connectivity index (χ4v) is 2.82. The molecule has 1 saturated heterocycles. The second-order valence-corrected chi connectivity index (χ2v) is 5.46. The summed E-state index contributed by atoms with van der Waals surface area (Å²) in [6, 6.07) is 6.62. The maximum atomic E-state index is 12.7. The topological polar surface area (TPSA) is 92.7 Å². The molecule has 1 aliphatic rings. The van der Waals surface area contributed by atoms with Gasteiger partial charge in [-0.1, -0.05) is 6.07 Å². The maximum absolute atomic E-state index is 12.7. The molecule has 1 aliphatic heterocycles. The lowest BCUT2D eigenvalue weighted by atomic mass is 10.1. The fraction of sp³-hybridized carbons (Fsp3) is 0.400. The lowest BCUT2D eigenvalue weighted by molar-refractivity contribution is -0.124. The summed E-state index contributed by atoms with van der Waals surface area (Å²) in [5.41, 5.74) is 7.11. The first-order valence-electron chi connectivity index (χ1n) is 7.39. The Balaban J connectivity index is 1.87. The number of rotatable bonds is 3. The molecule has 3 rings (SSSR count). The molecule has 0 bridgehead atoms. The molecule has 0 saturated carbocycles. The summed E-state index contributed by atoms with van der Waals surface area (Å²) in [5, 5.41) is 7.03. The van der Waals surface area contributed by atoms with E-state index in [2.05, 4.69) is 10.4 Å². The standard InChI is InChI=1S/C15H19N5O2/c1-2-17-14(21)13-7-10(16)9-19(13)15(22)12-8-11-5-3-4-6-20(11)18-12/h3-6,8,10,13H,2,7,9,16H2,1H3,(H,17,21)/t10-,13+/m1/s1. The molecule has 2 amide bonds. The van der Waals surface area contributed by atoms with Gasteiger partial charge in [0.25, 0.3) is 5.91 Å². The number of carbonyl (C=O) groups excluding carboxylic acids is 2. The van der Waals surface area contributed by atoms with Crippen molar-refractivity contribution >= 4 is 17.3 Å². The zero-order valence-corrected chi connectivity index (χ0v) is 12.4. The van der Waals surface area contributed by atoms with Gasteiger partial charge in [0.1, 0.15) is 6.04 Å². The van der Waals surface area contributed by atoms with E-state index < -0.39 is 6.04 Å². The van der Waals surface area contributed by atoms with E-state index in [9.17, 15) is 9.59 Å². The van der Waals surface area contributed by atoms with Crippen molar-refractivity contribution in [2.75, 3.05) is 13.1 Å². The Bertz CT molecular complexity index is 678. The van der Waals surface area contributed by atoms with Crippen molar-refractivity contribution in [3.05, 3.63) is 36.2 Å². The summed E-state index contributed by atoms with van der Waals surface area (Å²) in [5.74, 6) is -0.416.